The molecule has 18 heteroatoms. The minimum atomic E-state index is -7.97. The van der Waals surface area contributed by atoms with E-state index in [1.165, 1.54) is 0 Å². The summed E-state index contributed by atoms with van der Waals surface area (Å²) in [7, 11) is 0.473. The molecule has 0 aromatic carbocycles. The summed E-state index contributed by atoms with van der Waals surface area (Å²) in [4.78, 5) is 0. The molecule has 0 atom stereocenters. The molecule has 0 heterocycles. The van der Waals surface area contributed by atoms with Crippen LogP contribution in [0.1, 0.15) is 6.42 Å². The number of hydrogen-bond donors (Lipinski definition) is 0. The highest BCUT2D eigenvalue weighted by Crippen LogP contribution is 2.60. The maximum Gasteiger partial charge on any atom is 0.460 e. The maximum atomic E-state index is 13.2. The number of ether oxygens (including phenoxy) is 1. The standard InChI is InChI=1S/C10H8ClF13O3S/c11-28(25,26)3-1-2-27-4-5(12,13)6(14,15)7(16,17)8(18,19)9(20,21)10(22,23)24/h1-4H2. The molecule has 0 aliphatic carbocycles. The van der Waals surface area contributed by atoms with Gasteiger partial charge in [-0.05, 0) is 6.42 Å². The van der Waals surface area contributed by atoms with Gasteiger partial charge in [0.1, 0.15) is 6.61 Å². The van der Waals surface area contributed by atoms with E-state index in [0.29, 0.717) is 0 Å². The van der Waals surface area contributed by atoms with Gasteiger partial charge < -0.3 is 4.74 Å². The second-order valence-corrected chi connectivity index (χ2v) is 8.05. The lowest BCUT2D eigenvalue weighted by atomic mass is 9.94. The maximum absolute atomic E-state index is 13.2. The fourth-order valence-corrected chi connectivity index (χ4v) is 2.22. The third-order valence-corrected chi connectivity index (χ3v) is 4.20. The van der Waals surface area contributed by atoms with Crippen molar-refractivity contribution in [2.24, 2.45) is 0 Å². The van der Waals surface area contributed by atoms with Crippen molar-refractivity contribution in [2.75, 3.05) is 19.0 Å². The Hall–Kier alpha value is -0.710. The third-order valence-electron chi connectivity index (χ3n) is 2.96. The fraction of sp³-hybridized carbons (Fsp3) is 1.00. The average molecular weight is 491 g/mol. The second kappa shape index (κ2) is 7.85. The van der Waals surface area contributed by atoms with Crippen LogP contribution in [0.4, 0.5) is 57.1 Å². The van der Waals surface area contributed by atoms with Crippen LogP contribution >= 0.6 is 10.7 Å². The van der Waals surface area contributed by atoms with E-state index in [1.54, 1.807) is 0 Å². The Morgan fingerprint density at radius 2 is 1.07 bits per heavy atom. The molecule has 0 saturated heterocycles. The van der Waals surface area contributed by atoms with E-state index in [-0.39, 0.29) is 0 Å². The molecule has 0 rings (SSSR count). The Balaban J connectivity index is 5.56. The molecule has 0 radical (unpaired) electrons. The van der Waals surface area contributed by atoms with E-state index in [1.807, 2.05) is 0 Å². The van der Waals surface area contributed by atoms with Crippen molar-refractivity contribution < 1.29 is 70.2 Å². The number of hydrogen-bond acceptors (Lipinski definition) is 3. The molecule has 0 N–H and O–H groups in total. The summed E-state index contributed by atoms with van der Waals surface area (Å²) in [5.74, 6) is -38.4. The molecular weight excluding hydrogens is 483 g/mol. The molecule has 0 fully saturated rings. The molecule has 28 heavy (non-hydrogen) atoms. The van der Waals surface area contributed by atoms with E-state index in [2.05, 4.69) is 15.4 Å². The highest BCUT2D eigenvalue weighted by atomic mass is 35.7. The van der Waals surface area contributed by atoms with Crippen LogP contribution in [0.3, 0.4) is 0 Å². The van der Waals surface area contributed by atoms with Crippen molar-refractivity contribution in [3.8, 4) is 0 Å². The van der Waals surface area contributed by atoms with E-state index in [0.717, 1.165) is 0 Å². The zero-order chi connectivity index (χ0) is 23.0. The molecule has 0 saturated carbocycles. The lowest BCUT2D eigenvalue weighted by Crippen LogP contribution is -2.70. The van der Waals surface area contributed by atoms with Crippen LogP contribution in [0.15, 0.2) is 0 Å². The summed E-state index contributed by atoms with van der Waals surface area (Å²) >= 11 is 0. The first-order valence-corrected chi connectivity index (χ1v) is 8.89. The van der Waals surface area contributed by atoms with Crippen LogP contribution in [0, 0.1) is 0 Å². The van der Waals surface area contributed by atoms with E-state index in [4.69, 9.17) is 0 Å². The van der Waals surface area contributed by atoms with Gasteiger partial charge in [0.25, 0.3) is 0 Å². The van der Waals surface area contributed by atoms with Crippen LogP contribution in [-0.2, 0) is 13.8 Å². The van der Waals surface area contributed by atoms with Crippen molar-refractivity contribution in [1.82, 2.24) is 0 Å². The van der Waals surface area contributed by atoms with Gasteiger partial charge in [0.2, 0.25) is 9.05 Å². The molecule has 0 aliphatic rings. The smallest absolute Gasteiger partial charge is 0.375 e. The number of halogens is 14. The minimum Gasteiger partial charge on any atom is -0.375 e. The van der Waals surface area contributed by atoms with E-state index >= 15 is 0 Å². The summed E-state index contributed by atoms with van der Waals surface area (Å²) in [6.07, 6.45) is -8.24. The molecule has 0 aromatic rings. The van der Waals surface area contributed by atoms with Gasteiger partial charge in [-0.2, -0.15) is 57.1 Å². The highest BCUT2D eigenvalue weighted by molar-refractivity contribution is 8.13. The van der Waals surface area contributed by atoms with Gasteiger partial charge >= 0.3 is 35.8 Å². The van der Waals surface area contributed by atoms with Crippen LogP contribution < -0.4 is 0 Å². The van der Waals surface area contributed by atoms with Gasteiger partial charge in [-0.25, -0.2) is 8.42 Å². The molecular formula is C10H8ClF13O3S. The molecule has 0 unspecified atom stereocenters. The highest BCUT2D eigenvalue weighted by Gasteiger charge is 2.90. The summed E-state index contributed by atoms with van der Waals surface area (Å²) in [5.41, 5.74) is 0. The Kier molecular flexibility index (Phi) is 7.65. The Morgan fingerprint density at radius 3 is 1.43 bits per heavy atom. The summed E-state index contributed by atoms with van der Waals surface area (Å²) < 4.78 is 190. The summed E-state index contributed by atoms with van der Waals surface area (Å²) in [5, 5.41) is 0. The van der Waals surface area contributed by atoms with E-state index < -0.39 is 70.2 Å². The van der Waals surface area contributed by atoms with Crippen molar-refractivity contribution in [1.29, 1.82) is 0 Å². The van der Waals surface area contributed by atoms with Gasteiger partial charge in [-0.1, -0.05) is 0 Å². The first-order chi connectivity index (χ1) is 12.0. The topological polar surface area (TPSA) is 43.4 Å². The van der Waals surface area contributed by atoms with Gasteiger partial charge in [0.05, 0.1) is 5.75 Å². The van der Waals surface area contributed by atoms with Crippen molar-refractivity contribution >= 4 is 19.7 Å². The predicted molar refractivity (Wildman–Crippen MR) is 65.9 cm³/mol. The van der Waals surface area contributed by atoms with Crippen molar-refractivity contribution in [3.05, 3.63) is 0 Å². The van der Waals surface area contributed by atoms with Crippen LogP contribution in [0.25, 0.3) is 0 Å². The Morgan fingerprint density at radius 1 is 0.679 bits per heavy atom. The average Bonchev–Trinajstić information content (AvgIpc) is 2.43. The molecule has 0 amide bonds. The van der Waals surface area contributed by atoms with Gasteiger partial charge in [-0.3, -0.25) is 0 Å². The molecule has 170 valence electrons. The lowest BCUT2D eigenvalue weighted by molar-refractivity contribution is -0.441. The first kappa shape index (κ1) is 27.3. The summed E-state index contributed by atoms with van der Waals surface area (Å²) in [6, 6.07) is 0. The Bertz CT molecular complexity index is 643. The molecule has 0 spiro atoms. The predicted octanol–water partition coefficient (Wildman–Crippen LogP) is 4.70. The largest absolute Gasteiger partial charge is 0.460 e. The number of alkyl halides is 13. The van der Waals surface area contributed by atoms with E-state index in [9.17, 15) is 65.5 Å². The van der Waals surface area contributed by atoms with Crippen molar-refractivity contribution in [3.63, 3.8) is 0 Å². The first-order valence-electron chi connectivity index (χ1n) is 6.41. The monoisotopic (exact) mass is 490 g/mol. The third kappa shape index (κ3) is 5.06. The van der Waals surface area contributed by atoms with Crippen molar-refractivity contribution in [2.45, 2.75) is 42.2 Å². The van der Waals surface area contributed by atoms with Crippen LogP contribution in [0.5, 0.6) is 0 Å². The van der Waals surface area contributed by atoms with Crippen LogP contribution in [0.2, 0.25) is 0 Å². The molecule has 0 bridgehead atoms. The van der Waals surface area contributed by atoms with Crippen LogP contribution in [-0.4, -0.2) is 63.2 Å². The molecule has 0 aromatic heterocycles. The minimum absolute atomic E-state index is 0.758. The van der Waals surface area contributed by atoms with Gasteiger partial charge in [-0.15, -0.1) is 0 Å². The normalized spacial score (nSPS) is 15.8. The van der Waals surface area contributed by atoms with Gasteiger partial charge in [0.15, 0.2) is 0 Å². The zero-order valence-corrected chi connectivity index (χ0v) is 14.3. The number of rotatable bonds is 10. The Labute approximate surface area is 152 Å². The molecule has 0 aliphatic heterocycles. The lowest BCUT2D eigenvalue weighted by Gasteiger charge is -2.39. The van der Waals surface area contributed by atoms with Gasteiger partial charge in [0, 0.05) is 17.3 Å². The second-order valence-electron chi connectivity index (χ2n) is 5.15. The summed E-state index contributed by atoms with van der Waals surface area (Å²) in [6.45, 7) is -4.01. The zero-order valence-electron chi connectivity index (χ0n) is 12.8. The molecule has 3 nitrogen and oxygen atoms in total. The fourth-order valence-electron chi connectivity index (χ4n) is 1.43. The SMILES string of the molecule is O=S(=O)(Cl)CCCOCC(F)(F)C(F)(F)C(F)(F)C(F)(F)C(F)(F)C(F)(F)F. The quantitative estimate of drug-likeness (QED) is 0.253.